The number of fused-ring (bicyclic) bond motifs is 2. The van der Waals surface area contributed by atoms with E-state index in [1.54, 1.807) is 10.6 Å². The number of H-pyrrole nitrogens is 1. The highest BCUT2D eigenvalue weighted by atomic mass is 32.2. The van der Waals surface area contributed by atoms with E-state index in [2.05, 4.69) is 9.97 Å². The van der Waals surface area contributed by atoms with Crippen LogP contribution in [0.4, 0.5) is 0 Å². The van der Waals surface area contributed by atoms with E-state index in [1.165, 1.54) is 25.5 Å². The summed E-state index contributed by atoms with van der Waals surface area (Å²) in [5.74, 6) is 0.520. The molecule has 142 valence electrons. The molecule has 2 saturated carbocycles. The molecule has 1 N–H and O–H groups in total. The summed E-state index contributed by atoms with van der Waals surface area (Å²) in [6.07, 6.45) is 9.61. The maximum absolute atomic E-state index is 12.9. The van der Waals surface area contributed by atoms with Crippen molar-refractivity contribution in [3.05, 3.63) is 17.7 Å². The van der Waals surface area contributed by atoms with Crippen LogP contribution in [0, 0.1) is 11.3 Å². The van der Waals surface area contributed by atoms with Gasteiger partial charge in [-0.15, -0.1) is 0 Å². The van der Waals surface area contributed by atoms with Gasteiger partial charge in [-0.2, -0.15) is 4.31 Å². The van der Waals surface area contributed by atoms with E-state index in [4.69, 9.17) is 0 Å². The summed E-state index contributed by atoms with van der Waals surface area (Å²) in [7, 11) is -3.33. The number of nitrogens with zero attached hydrogens (tertiary/aromatic N) is 3. The molecule has 5 rings (SSSR count). The molecule has 8 heteroatoms. The van der Waals surface area contributed by atoms with Crippen molar-refractivity contribution >= 4 is 15.9 Å². The van der Waals surface area contributed by atoms with Crippen LogP contribution in [0.25, 0.3) is 0 Å². The Balaban J connectivity index is 1.39. The summed E-state index contributed by atoms with van der Waals surface area (Å²) in [5.41, 5.74) is 1.64. The fourth-order valence-corrected chi connectivity index (χ4v) is 6.95. The molecule has 0 bridgehead atoms. The first-order valence-corrected chi connectivity index (χ1v) is 11.5. The number of hydrogen-bond donors (Lipinski definition) is 1. The molecule has 7 nitrogen and oxygen atoms in total. The van der Waals surface area contributed by atoms with Crippen molar-refractivity contribution in [2.45, 2.75) is 50.5 Å². The molecule has 4 aliphatic rings. The van der Waals surface area contributed by atoms with Crippen LogP contribution >= 0.6 is 0 Å². The topological polar surface area (TPSA) is 86.4 Å². The number of likely N-dealkylation sites (tertiary alicyclic amines) is 1. The Kier molecular flexibility index (Phi) is 3.42. The van der Waals surface area contributed by atoms with E-state index in [1.807, 2.05) is 4.90 Å². The Morgan fingerprint density at radius 1 is 1.23 bits per heavy atom. The number of aromatic amines is 1. The van der Waals surface area contributed by atoms with E-state index in [-0.39, 0.29) is 5.92 Å². The van der Waals surface area contributed by atoms with Crippen molar-refractivity contribution in [2.24, 2.45) is 11.3 Å². The van der Waals surface area contributed by atoms with Gasteiger partial charge in [0.05, 0.1) is 23.8 Å². The van der Waals surface area contributed by atoms with Crippen LogP contribution in [-0.4, -0.2) is 59.4 Å². The molecule has 1 atom stereocenters. The zero-order chi connectivity index (χ0) is 18.2. The molecule has 3 heterocycles. The maximum atomic E-state index is 12.9. The van der Waals surface area contributed by atoms with Crippen molar-refractivity contribution in [3.63, 3.8) is 0 Å². The van der Waals surface area contributed by atoms with Gasteiger partial charge in [-0.05, 0) is 37.5 Å². The third-order valence-corrected chi connectivity index (χ3v) is 8.67. The quantitative estimate of drug-likeness (QED) is 0.839. The highest BCUT2D eigenvalue weighted by molar-refractivity contribution is 7.88. The van der Waals surface area contributed by atoms with E-state index in [9.17, 15) is 13.2 Å². The minimum absolute atomic E-state index is 0.226. The van der Waals surface area contributed by atoms with Crippen LogP contribution in [0.15, 0.2) is 6.33 Å². The van der Waals surface area contributed by atoms with Crippen molar-refractivity contribution in [2.75, 3.05) is 25.9 Å². The summed E-state index contributed by atoms with van der Waals surface area (Å²) in [6.45, 7) is 1.71. The number of sulfonamides is 1. The van der Waals surface area contributed by atoms with E-state index in [0.29, 0.717) is 50.2 Å². The molecule has 1 aromatic rings. The molecule has 1 amide bonds. The van der Waals surface area contributed by atoms with Crippen LogP contribution in [0.5, 0.6) is 0 Å². The third-order valence-electron chi connectivity index (χ3n) is 7.34. The van der Waals surface area contributed by atoms with Crippen molar-refractivity contribution in [3.8, 4) is 0 Å². The SMILES string of the molecule is CS(=O)(=O)N1CCc2[nH]cnc2C12CCN(C(=O)[C@@H]1CC13CCC3)CC2. The number of rotatable bonds is 2. The summed E-state index contributed by atoms with van der Waals surface area (Å²) < 4.78 is 26.6. The van der Waals surface area contributed by atoms with Gasteiger partial charge in [-0.1, -0.05) is 6.42 Å². The first-order chi connectivity index (χ1) is 12.4. The molecule has 1 aromatic heterocycles. The van der Waals surface area contributed by atoms with Crippen LogP contribution in [0.2, 0.25) is 0 Å². The fraction of sp³-hybridized carbons (Fsp3) is 0.778. The van der Waals surface area contributed by atoms with Crippen LogP contribution < -0.4 is 0 Å². The number of aromatic nitrogens is 2. The molecule has 0 unspecified atom stereocenters. The van der Waals surface area contributed by atoms with Gasteiger partial charge in [0.15, 0.2) is 0 Å². The Bertz CT molecular complexity index is 850. The molecular formula is C18H26N4O3S. The van der Waals surface area contributed by atoms with Gasteiger partial charge in [-0.3, -0.25) is 4.79 Å². The Hall–Kier alpha value is -1.41. The molecule has 2 aliphatic heterocycles. The molecule has 1 saturated heterocycles. The number of piperidine rings is 1. The Labute approximate surface area is 154 Å². The summed E-state index contributed by atoms with van der Waals surface area (Å²) >= 11 is 0. The number of amides is 1. The van der Waals surface area contributed by atoms with Crippen LogP contribution in [0.3, 0.4) is 0 Å². The lowest BCUT2D eigenvalue weighted by Gasteiger charge is -2.49. The number of carbonyl (C=O) groups excluding carboxylic acids is 1. The fourth-order valence-electron chi connectivity index (χ4n) is 5.63. The molecule has 2 spiro atoms. The minimum atomic E-state index is -3.33. The second-order valence-corrected chi connectivity index (χ2v) is 10.6. The smallest absolute Gasteiger partial charge is 0.226 e. The molecule has 26 heavy (non-hydrogen) atoms. The predicted octanol–water partition coefficient (Wildman–Crippen LogP) is 1.24. The van der Waals surface area contributed by atoms with Gasteiger partial charge in [0, 0.05) is 37.7 Å². The third kappa shape index (κ3) is 2.24. The summed E-state index contributed by atoms with van der Waals surface area (Å²) in [5, 5.41) is 0. The second-order valence-electron chi connectivity index (χ2n) is 8.64. The van der Waals surface area contributed by atoms with Crippen molar-refractivity contribution < 1.29 is 13.2 Å². The molecule has 2 aliphatic carbocycles. The van der Waals surface area contributed by atoms with Gasteiger partial charge >= 0.3 is 0 Å². The van der Waals surface area contributed by atoms with E-state index >= 15 is 0 Å². The lowest BCUT2D eigenvalue weighted by molar-refractivity contribution is -0.136. The first kappa shape index (κ1) is 16.7. The Morgan fingerprint density at radius 3 is 2.54 bits per heavy atom. The monoisotopic (exact) mass is 378 g/mol. The van der Waals surface area contributed by atoms with Gasteiger partial charge < -0.3 is 9.88 Å². The number of nitrogens with one attached hydrogen (secondary N) is 1. The van der Waals surface area contributed by atoms with E-state index in [0.717, 1.165) is 17.8 Å². The minimum Gasteiger partial charge on any atom is -0.348 e. The zero-order valence-electron chi connectivity index (χ0n) is 15.2. The van der Waals surface area contributed by atoms with Crippen LogP contribution in [-0.2, 0) is 26.8 Å². The summed E-state index contributed by atoms with van der Waals surface area (Å²) in [6, 6.07) is 0. The van der Waals surface area contributed by atoms with E-state index < -0.39 is 15.6 Å². The lowest BCUT2D eigenvalue weighted by atomic mass is 9.78. The average Bonchev–Trinajstić information content (AvgIpc) is 3.16. The van der Waals surface area contributed by atoms with Gasteiger partial charge in [0.2, 0.25) is 15.9 Å². The zero-order valence-corrected chi connectivity index (χ0v) is 16.0. The first-order valence-electron chi connectivity index (χ1n) is 9.65. The highest BCUT2D eigenvalue weighted by Gasteiger charge is 2.62. The molecule has 3 fully saturated rings. The number of carbonyl (C=O) groups is 1. The number of imidazole rings is 1. The largest absolute Gasteiger partial charge is 0.348 e. The second kappa shape index (κ2) is 5.32. The summed E-state index contributed by atoms with van der Waals surface area (Å²) in [4.78, 5) is 22.5. The Morgan fingerprint density at radius 2 is 1.96 bits per heavy atom. The van der Waals surface area contributed by atoms with Gasteiger partial charge in [0.25, 0.3) is 0 Å². The molecule has 0 radical (unpaired) electrons. The lowest BCUT2D eigenvalue weighted by Crippen LogP contribution is -2.58. The predicted molar refractivity (Wildman–Crippen MR) is 95.7 cm³/mol. The van der Waals surface area contributed by atoms with Gasteiger partial charge in [0.1, 0.15) is 0 Å². The average molecular weight is 378 g/mol. The van der Waals surface area contributed by atoms with Crippen molar-refractivity contribution in [1.29, 1.82) is 0 Å². The van der Waals surface area contributed by atoms with Crippen LogP contribution in [0.1, 0.15) is 49.9 Å². The van der Waals surface area contributed by atoms with Crippen molar-refractivity contribution in [1.82, 2.24) is 19.2 Å². The normalized spacial score (nSPS) is 29.4. The molecular weight excluding hydrogens is 352 g/mol. The van der Waals surface area contributed by atoms with Gasteiger partial charge in [-0.25, -0.2) is 13.4 Å². The number of hydrogen-bond acceptors (Lipinski definition) is 4. The molecule has 0 aromatic carbocycles. The standard InChI is InChI=1S/C18H26N4O3S/c1-26(24,25)22-8-3-14-15(20-12-19-14)18(22)6-9-21(10-7-18)16(23)13-11-17(13)4-2-5-17/h12-13H,2-11H2,1H3,(H,19,20)/t13-/m0/s1. The maximum Gasteiger partial charge on any atom is 0.226 e. The highest BCUT2D eigenvalue weighted by Crippen LogP contribution is 2.66.